The largest absolute Gasteiger partial charge is 0.369 e. The van der Waals surface area contributed by atoms with Crippen molar-refractivity contribution in [1.82, 2.24) is 4.98 Å². The quantitative estimate of drug-likeness (QED) is 0.882. The fraction of sp³-hybridized carbons (Fsp3) is 0.333. The van der Waals surface area contributed by atoms with E-state index in [2.05, 4.69) is 17.1 Å². The number of hydrogen-bond donors (Lipinski definition) is 1. The Labute approximate surface area is 108 Å². The number of nitrogens with two attached hydrogens (primary N) is 1. The molecule has 0 bridgehead atoms. The van der Waals surface area contributed by atoms with E-state index in [1.54, 1.807) is 0 Å². The van der Waals surface area contributed by atoms with Gasteiger partial charge >= 0.3 is 0 Å². The summed E-state index contributed by atoms with van der Waals surface area (Å²) >= 11 is 0. The van der Waals surface area contributed by atoms with Crippen molar-refractivity contribution in [3.8, 4) is 0 Å². The number of carbonyl (C=O) groups is 1. The van der Waals surface area contributed by atoms with Crippen molar-refractivity contribution >= 4 is 16.8 Å². The van der Waals surface area contributed by atoms with Crippen LogP contribution in [-0.4, -0.2) is 10.9 Å². The summed E-state index contributed by atoms with van der Waals surface area (Å²) in [4.78, 5) is 14.7. The average molecular weight is 244 g/mol. The number of benzene rings is 1. The Balaban J connectivity index is 0.000000187. The molecule has 1 heterocycles. The Morgan fingerprint density at radius 2 is 1.83 bits per heavy atom. The second-order valence-electron chi connectivity index (χ2n) is 4.80. The molecular formula is C15H20N2O. The van der Waals surface area contributed by atoms with Gasteiger partial charge < -0.3 is 5.73 Å². The molecule has 0 fully saturated rings. The number of hydrogen-bond acceptors (Lipinski definition) is 2. The zero-order valence-electron chi connectivity index (χ0n) is 11.2. The van der Waals surface area contributed by atoms with Crippen molar-refractivity contribution in [1.29, 1.82) is 0 Å². The number of amides is 1. The maximum absolute atomic E-state index is 10.5. The summed E-state index contributed by atoms with van der Waals surface area (Å²) in [6, 6.07) is 12.1. The zero-order valence-corrected chi connectivity index (χ0v) is 11.2. The van der Waals surface area contributed by atoms with Crippen molar-refractivity contribution in [2.24, 2.45) is 11.1 Å². The second-order valence-corrected chi connectivity index (χ2v) is 4.80. The minimum Gasteiger partial charge on any atom is -0.369 e. The minimum atomic E-state index is -0.319. The van der Waals surface area contributed by atoms with Gasteiger partial charge in [-0.25, -0.2) is 0 Å². The third kappa shape index (κ3) is 3.84. The molecule has 1 aromatic heterocycles. The first-order valence-electron chi connectivity index (χ1n) is 6.07. The summed E-state index contributed by atoms with van der Waals surface area (Å²) in [5, 5.41) is 1.20. The molecule has 0 aliphatic rings. The summed E-state index contributed by atoms with van der Waals surface area (Å²) in [7, 11) is 0. The van der Waals surface area contributed by atoms with Crippen LogP contribution >= 0.6 is 0 Å². The number of carbonyl (C=O) groups excluding carboxylic acids is 1. The molecular weight excluding hydrogens is 224 g/mol. The molecule has 0 saturated heterocycles. The second kappa shape index (κ2) is 6.15. The third-order valence-electron chi connectivity index (χ3n) is 3.06. The number of primary amides is 1. The Morgan fingerprint density at radius 1 is 1.22 bits per heavy atom. The van der Waals surface area contributed by atoms with E-state index in [0.717, 1.165) is 11.9 Å². The Bertz CT molecular complexity index is 455. The molecule has 0 aliphatic carbocycles. The van der Waals surface area contributed by atoms with Gasteiger partial charge in [0.1, 0.15) is 0 Å². The van der Waals surface area contributed by atoms with Crippen molar-refractivity contribution in [3.63, 3.8) is 0 Å². The maximum Gasteiger partial charge on any atom is 0.223 e. The molecule has 1 amide bonds. The predicted octanol–water partition coefficient (Wildman–Crippen LogP) is 3.14. The molecule has 0 aliphatic heterocycles. The molecule has 2 rings (SSSR count). The van der Waals surface area contributed by atoms with Crippen LogP contribution in [0.3, 0.4) is 0 Å². The lowest BCUT2D eigenvalue weighted by atomic mass is 9.90. The topological polar surface area (TPSA) is 56.0 Å². The van der Waals surface area contributed by atoms with Gasteiger partial charge in [0.25, 0.3) is 0 Å². The summed E-state index contributed by atoms with van der Waals surface area (Å²) < 4.78 is 0. The van der Waals surface area contributed by atoms with Gasteiger partial charge in [-0.1, -0.05) is 45.0 Å². The van der Waals surface area contributed by atoms with Crippen LogP contribution in [0.2, 0.25) is 0 Å². The van der Waals surface area contributed by atoms with Gasteiger partial charge in [0, 0.05) is 17.0 Å². The molecule has 0 spiro atoms. The van der Waals surface area contributed by atoms with Crippen molar-refractivity contribution in [2.75, 3.05) is 0 Å². The van der Waals surface area contributed by atoms with Crippen molar-refractivity contribution < 1.29 is 4.79 Å². The monoisotopic (exact) mass is 244 g/mol. The Hall–Kier alpha value is -1.90. The highest BCUT2D eigenvalue weighted by Crippen LogP contribution is 2.17. The molecule has 96 valence electrons. The van der Waals surface area contributed by atoms with E-state index in [1.165, 1.54) is 5.39 Å². The Morgan fingerprint density at radius 3 is 2.33 bits per heavy atom. The van der Waals surface area contributed by atoms with Crippen LogP contribution in [0.15, 0.2) is 42.6 Å². The molecule has 0 saturated carbocycles. The van der Waals surface area contributed by atoms with E-state index in [9.17, 15) is 4.79 Å². The average Bonchev–Trinajstić information content (AvgIpc) is 2.39. The van der Waals surface area contributed by atoms with Crippen LogP contribution in [0.1, 0.15) is 27.2 Å². The molecule has 0 unspecified atom stereocenters. The summed E-state index contributed by atoms with van der Waals surface area (Å²) in [6.45, 7) is 5.63. The fourth-order valence-corrected chi connectivity index (χ4v) is 1.19. The molecule has 3 heteroatoms. The number of aromatic nitrogens is 1. The first kappa shape index (κ1) is 14.2. The highest BCUT2D eigenvalue weighted by Gasteiger charge is 2.21. The first-order chi connectivity index (χ1) is 8.47. The molecule has 0 atom stereocenters. The van der Waals surface area contributed by atoms with Crippen LogP contribution < -0.4 is 5.73 Å². The van der Waals surface area contributed by atoms with Crippen LogP contribution in [-0.2, 0) is 4.79 Å². The molecule has 0 radical (unpaired) electrons. The van der Waals surface area contributed by atoms with E-state index in [1.807, 2.05) is 51.2 Å². The van der Waals surface area contributed by atoms with Gasteiger partial charge in [-0.3, -0.25) is 9.78 Å². The smallest absolute Gasteiger partial charge is 0.223 e. The lowest BCUT2D eigenvalue weighted by Crippen LogP contribution is -2.30. The fourth-order valence-electron chi connectivity index (χ4n) is 1.19. The van der Waals surface area contributed by atoms with E-state index >= 15 is 0 Å². The van der Waals surface area contributed by atoms with Gasteiger partial charge in [0.05, 0.1) is 5.52 Å². The summed E-state index contributed by atoms with van der Waals surface area (Å²) in [5.41, 5.74) is 5.78. The zero-order chi connectivity index (χ0) is 13.6. The van der Waals surface area contributed by atoms with Gasteiger partial charge in [0.2, 0.25) is 5.91 Å². The Kier molecular flexibility index (Phi) is 4.84. The maximum atomic E-state index is 10.5. The number of nitrogens with zero attached hydrogens (tertiary/aromatic N) is 1. The number of fused-ring (bicyclic) bond motifs is 1. The van der Waals surface area contributed by atoms with Crippen LogP contribution in [0.4, 0.5) is 0 Å². The van der Waals surface area contributed by atoms with E-state index in [-0.39, 0.29) is 11.3 Å². The normalized spacial score (nSPS) is 10.6. The minimum absolute atomic E-state index is 0.222. The molecule has 3 nitrogen and oxygen atoms in total. The number of rotatable bonds is 2. The molecule has 2 aromatic rings. The van der Waals surface area contributed by atoms with Crippen molar-refractivity contribution in [2.45, 2.75) is 27.2 Å². The summed E-state index contributed by atoms with van der Waals surface area (Å²) in [6.07, 6.45) is 2.62. The lowest BCUT2D eigenvalue weighted by Gasteiger charge is -2.16. The van der Waals surface area contributed by atoms with Gasteiger partial charge in [-0.2, -0.15) is 0 Å². The van der Waals surface area contributed by atoms with E-state index in [0.29, 0.717) is 0 Å². The number of pyridine rings is 1. The summed E-state index contributed by atoms with van der Waals surface area (Å²) in [5.74, 6) is -0.222. The molecule has 1 aromatic carbocycles. The highest BCUT2D eigenvalue weighted by molar-refractivity contribution is 5.79. The predicted molar refractivity (Wildman–Crippen MR) is 75.0 cm³/mol. The van der Waals surface area contributed by atoms with E-state index < -0.39 is 0 Å². The van der Waals surface area contributed by atoms with Crippen LogP contribution in [0.25, 0.3) is 10.9 Å². The van der Waals surface area contributed by atoms with Crippen molar-refractivity contribution in [3.05, 3.63) is 42.6 Å². The molecule has 2 N–H and O–H groups in total. The first-order valence-corrected chi connectivity index (χ1v) is 6.07. The standard InChI is InChI=1S/C9H7N.C6H13NO/c1-2-6-9-8(4-1)5-3-7-10-9;1-4-6(2,3)5(7)8/h1-7H;4H2,1-3H3,(H2,7,8). The number of para-hydroxylation sites is 1. The highest BCUT2D eigenvalue weighted by atomic mass is 16.1. The SMILES string of the molecule is CCC(C)(C)C(N)=O.c1ccc2ncccc2c1. The lowest BCUT2D eigenvalue weighted by molar-refractivity contribution is -0.126. The van der Waals surface area contributed by atoms with Gasteiger partial charge in [-0.15, -0.1) is 0 Å². The van der Waals surface area contributed by atoms with Crippen LogP contribution in [0.5, 0.6) is 0 Å². The van der Waals surface area contributed by atoms with Gasteiger partial charge in [-0.05, 0) is 18.6 Å². The van der Waals surface area contributed by atoms with Gasteiger partial charge in [0.15, 0.2) is 0 Å². The third-order valence-corrected chi connectivity index (χ3v) is 3.06. The van der Waals surface area contributed by atoms with Crippen LogP contribution in [0, 0.1) is 5.41 Å². The molecule has 18 heavy (non-hydrogen) atoms. The van der Waals surface area contributed by atoms with E-state index in [4.69, 9.17) is 5.73 Å².